The summed E-state index contributed by atoms with van der Waals surface area (Å²) in [5.41, 5.74) is 0. The van der Waals surface area contributed by atoms with Crippen LogP contribution in [0.15, 0.2) is 0 Å². The molecule has 0 aliphatic carbocycles. The normalized spacial score (nSPS) is 11.1. The molecule has 16 heavy (non-hydrogen) atoms. The van der Waals surface area contributed by atoms with Gasteiger partial charge in [-0.2, -0.15) is 4.33 Å². The maximum atomic E-state index is 8.88. The quantitative estimate of drug-likeness (QED) is 0.153. The summed E-state index contributed by atoms with van der Waals surface area (Å²) in [5, 5.41) is 8.04. The van der Waals surface area contributed by atoms with Crippen molar-refractivity contribution < 1.29 is 48.1 Å². The third-order valence-electron chi connectivity index (χ3n) is 0.235. The Morgan fingerprint density at radius 2 is 1.12 bits per heavy atom. The van der Waals surface area contributed by atoms with Crippen LogP contribution in [-0.2, 0) is 13.5 Å². The Labute approximate surface area is 95.5 Å². The van der Waals surface area contributed by atoms with Crippen LogP contribution >= 0.6 is 27.7 Å². The van der Waals surface area contributed by atoms with Crippen LogP contribution in [0.4, 0.5) is 0 Å². The molecule has 0 rings (SSSR count). The maximum Gasteiger partial charge on any atom is 0.466 e. The molecular weight excluding hydrogens is 290 g/mol. The molecule has 13 heteroatoms. The van der Waals surface area contributed by atoms with Gasteiger partial charge in [0.2, 0.25) is 0 Å². The van der Waals surface area contributed by atoms with Crippen LogP contribution in [0.1, 0.15) is 13.8 Å². The van der Waals surface area contributed by atoms with Gasteiger partial charge in [0.05, 0.1) is 0 Å². The van der Waals surface area contributed by atoms with Gasteiger partial charge in [0.15, 0.2) is 0 Å². The summed E-state index contributed by atoms with van der Waals surface area (Å²) in [6, 6.07) is 0. The Morgan fingerprint density at radius 1 is 0.938 bits per heavy atom. The fourth-order valence-corrected chi connectivity index (χ4v) is 0.258. The third kappa shape index (κ3) is 216. The van der Waals surface area contributed by atoms with Crippen LogP contribution in [0.2, 0.25) is 0 Å². The molecular formula is C3H14O10P2S. The molecule has 0 radical (unpaired) electrons. The van der Waals surface area contributed by atoms with E-state index in [4.69, 9.17) is 43.7 Å². The van der Waals surface area contributed by atoms with E-state index in [1.54, 1.807) is 0 Å². The summed E-state index contributed by atoms with van der Waals surface area (Å²) in [6.07, 6.45) is 0. The van der Waals surface area contributed by atoms with Crippen molar-refractivity contribution in [2.75, 3.05) is 0 Å². The Morgan fingerprint density at radius 3 is 1.12 bits per heavy atom. The zero-order valence-corrected chi connectivity index (χ0v) is 10.8. The largest absolute Gasteiger partial charge is 0.466 e. The van der Waals surface area contributed by atoms with Gasteiger partial charge in [0, 0.05) is 17.3 Å². The first-order valence-electron chi connectivity index (χ1n) is 3.30. The highest BCUT2D eigenvalue weighted by Crippen LogP contribution is 2.26. The van der Waals surface area contributed by atoms with E-state index in [0.717, 1.165) is 12.0 Å². The van der Waals surface area contributed by atoms with Crippen LogP contribution in [0.25, 0.3) is 0 Å². The summed E-state index contributed by atoms with van der Waals surface area (Å²) >= 11 is 1.04. The fourth-order valence-electron chi connectivity index (χ4n) is 0.0861. The van der Waals surface area contributed by atoms with Crippen LogP contribution < -0.4 is 0 Å². The molecule has 0 saturated heterocycles. The van der Waals surface area contributed by atoms with Gasteiger partial charge >= 0.3 is 15.6 Å². The summed E-state index contributed by atoms with van der Waals surface area (Å²) < 4.78 is 21.5. The summed E-state index contributed by atoms with van der Waals surface area (Å²) in [7, 11) is -9.28. The molecule has 0 atom stereocenters. The van der Waals surface area contributed by atoms with Crippen molar-refractivity contribution in [3.05, 3.63) is 0 Å². The van der Waals surface area contributed by atoms with Gasteiger partial charge in [0.25, 0.3) is 0 Å². The average Bonchev–Trinajstić information content (AvgIpc) is 1.76. The van der Waals surface area contributed by atoms with Crippen molar-refractivity contribution in [2.45, 2.75) is 19.1 Å². The van der Waals surface area contributed by atoms with Crippen molar-refractivity contribution in [3.63, 3.8) is 0 Å². The van der Waals surface area contributed by atoms with Crippen molar-refractivity contribution >= 4 is 27.7 Å². The highest BCUT2D eigenvalue weighted by molar-refractivity contribution is 7.95. The predicted octanol–water partition coefficient (Wildman–Crippen LogP) is -0.325. The molecule has 0 aromatic rings. The molecule has 102 valence electrons. The Hall–Kier alpha value is 0.490. The van der Waals surface area contributed by atoms with E-state index in [9.17, 15) is 0 Å². The van der Waals surface area contributed by atoms with E-state index in [1.165, 1.54) is 0 Å². The van der Waals surface area contributed by atoms with Crippen LogP contribution in [-0.4, -0.2) is 39.9 Å². The van der Waals surface area contributed by atoms with E-state index in [0.29, 0.717) is 5.25 Å². The van der Waals surface area contributed by atoms with Crippen molar-refractivity contribution in [1.82, 2.24) is 0 Å². The Kier molecular flexibility index (Phi) is 14.4. The molecule has 0 aliphatic heterocycles. The van der Waals surface area contributed by atoms with Gasteiger partial charge < -0.3 is 29.4 Å². The Bertz CT molecular complexity index is 194. The average molecular weight is 304 g/mol. The van der Waals surface area contributed by atoms with E-state index in [1.807, 2.05) is 13.8 Å². The first-order valence-corrected chi connectivity index (χ1v) is 7.24. The summed E-state index contributed by atoms with van der Waals surface area (Å²) in [4.78, 5) is 43.1. The fraction of sp³-hybridized carbons (Fsp3) is 1.00. The minimum absolute atomic E-state index is 0.343. The lowest BCUT2D eigenvalue weighted by Crippen LogP contribution is -1.84. The van der Waals surface area contributed by atoms with E-state index in [2.05, 4.69) is 4.33 Å². The topological polar surface area (TPSA) is 185 Å². The second-order valence-electron chi connectivity index (χ2n) is 2.25. The number of phosphoric acid groups is 2. The van der Waals surface area contributed by atoms with Crippen LogP contribution in [0.3, 0.4) is 0 Å². The standard InChI is InChI=1S/C3H8O2S.2H3O4P/c1-3(2)6-5-4;2*1-5(2,3)4/h3-4H,1-2H3;2*(H3,1,2,3,4). The molecule has 0 heterocycles. The minimum atomic E-state index is -4.64. The van der Waals surface area contributed by atoms with Crippen molar-refractivity contribution in [3.8, 4) is 0 Å². The second-order valence-corrected chi connectivity index (χ2v) is 5.58. The first-order chi connectivity index (χ1) is 6.77. The molecule has 0 spiro atoms. The predicted molar refractivity (Wildman–Crippen MR) is 55.0 cm³/mol. The molecule has 7 N–H and O–H groups in total. The molecule has 0 aromatic heterocycles. The monoisotopic (exact) mass is 304 g/mol. The SMILES string of the molecule is CC(C)SOO.O=P(O)(O)O.O=P(O)(O)O. The van der Waals surface area contributed by atoms with Crippen LogP contribution in [0.5, 0.6) is 0 Å². The first kappa shape index (κ1) is 21.7. The number of rotatable bonds is 2. The number of hydrogen-bond donors (Lipinski definition) is 7. The van der Waals surface area contributed by atoms with E-state index in [-0.39, 0.29) is 0 Å². The lowest BCUT2D eigenvalue weighted by molar-refractivity contribution is -0.117. The molecule has 0 fully saturated rings. The highest BCUT2D eigenvalue weighted by atomic mass is 32.2. The smallest absolute Gasteiger partial charge is 0.303 e. The van der Waals surface area contributed by atoms with Crippen molar-refractivity contribution in [2.24, 2.45) is 0 Å². The molecule has 0 aliphatic rings. The van der Waals surface area contributed by atoms with Gasteiger partial charge in [-0.25, -0.2) is 14.4 Å². The highest BCUT2D eigenvalue weighted by Gasteiger charge is 2.00. The van der Waals surface area contributed by atoms with Gasteiger partial charge in [-0.05, 0) is 0 Å². The van der Waals surface area contributed by atoms with Crippen LogP contribution in [0, 0.1) is 0 Å². The van der Waals surface area contributed by atoms with Gasteiger partial charge in [-0.3, -0.25) is 0 Å². The van der Waals surface area contributed by atoms with Crippen molar-refractivity contribution in [1.29, 1.82) is 0 Å². The van der Waals surface area contributed by atoms with E-state index >= 15 is 0 Å². The lowest BCUT2D eigenvalue weighted by atomic mass is 10.6. The molecule has 0 saturated carbocycles. The zero-order chi connectivity index (χ0) is 14.0. The Balaban J connectivity index is -0.000000160. The van der Waals surface area contributed by atoms with Gasteiger partial charge in [-0.15, -0.1) is 0 Å². The molecule has 0 aromatic carbocycles. The van der Waals surface area contributed by atoms with Gasteiger partial charge in [-0.1, -0.05) is 13.8 Å². The maximum absolute atomic E-state index is 8.88. The number of hydrogen-bond acceptors (Lipinski definition) is 5. The minimum Gasteiger partial charge on any atom is -0.303 e. The summed E-state index contributed by atoms with van der Waals surface area (Å²) in [6.45, 7) is 3.86. The second kappa shape index (κ2) is 10.6. The zero-order valence-electron chi connectivity index (χ0n) is 8.24. The lowest BCUT2D eigenvalue weighted by Gasteiger charge is -1.93. The molecule has 0 amide bonds. The third-order valence-corrected chi connectivity index (χ3v) is 0.706. The van der Waals surface area contributed by atoms with E-state index < -0.39 is 15.6 Å². The summed E-state index contributed by atoms with van der Waals surface area (Å²) in [5.74, 6) is 0. The molecule has 10 nitrogen and oxygen atoms in total. The van der Waals surface area contributed by atoms with Gasteiger partial charge in [0.1, 0.15) is 0 Å². The molecule has 0 bridgehead atoms. The molecule has 0 unspecified atom stereocenters.